The van der Waals surface area contributed by atoms with Gasteiger partial charge in [0, 0.05) is 0 Å². The number of hydrogen-bond acceptors (Lipinski definition) is 6. The van der Waals surface area contributed by atoms with Crippen LogP contribution in [0.3, 0.4) is 0 Å². The van der Waals surface area contributed by atoms with Gasteiger partial charge in [-0.15, -0.1) is 0 Å². The van der Waals surface area contributed by atoms with E-state index in [4.69, 9.17) is 14.2 Å². The van der Waals surface area contributed by atoms with Crippen molar-refractivity contribution in [3.05, 3.63) is 34.9 Å². The Kier molecular flexibility index (Phi) is 6.60. The third-order valence-corrected chi connectivity index (χ3v) is 4.14. The highest BCUT2D eigenvalue weighted by Crippen LogP contribution is 2.42. The van der Waals surface area contributed by atoms with Crippen molar-refractivity contribution >= 4 is 18.2 Å². The van der Waals surface area contributed by atoms with Gasteiger partial charge in [-0.1, -0.05) is 6.07 Å². The van der Waals surface area contributed by atoms with E-state index in [1.165, 1.54) is 7.11 Å². The molecule has 0 aliphatic heterocycles. The Bertz CT molecular complexity index is 755. The first-order valence-corrected chi connectivity index (χ1v) is 9.75. The summed E-state index contributed by atoms with van der Waals surface area (Å²) in [5, 5.41) is 0. The first kappa shape index (κ1) is 22.7. The Morgan fingerprint density at radius 1 is 0.966 bits per heavy atom. The molecule has 1 saturated carbocycles. The molecule has 1 aliphatic rings. The van der Waals surface area contributed by atoms with Gasteiger partial charge in [0.05, 0.1) is 19.2 Å². The topological polar surface area (TPSA) is 82.1 Å². The maximum absolute atomic E-state index is 12.7. The molecule has 0 radical (unpaired) electrons. The molecule has 0 aromatic heterocycles. The highest BCUT2D eigenvalue weighted by Gasteiger charge is 2.34. The Labute approximate surface area is 172 Å². The van der Waals surface area contributed by atoms with Crippen molar-refractivity contribution in [2.24, 2.45) is 0 Å². The molecule has 1 aliphatic carbocycles. The minimum Gasteiger partial charge on any atom is -0.465 e. The lowest BCUT2D eigenvalue weighted by Gasteiger charge is -2.29. The summed E-state index contributed by atoms with van der Waals surface area (Å²) in [6, 6.07) is 5.16. The van der Waals surface area contributed by atoms with E-state index >= 15 is 0 Å². The normalized spacial score (nSPS) is 14.2. The highest BCUT2D eigenvalue weighted by molar-refractivity contribution is 5.90. The van der Waals surface area contributed by atoms with Crippen LogP contribution in [0.5, 0.6) is 0 Å². The van der Waals surface area contributed by atoms with Crippen molar-refractivity contribution in [3.8, 4) is 0 Å². The molecule has 0 unspecified atom stereocenters. The minimum absolute atomic E-state index is 0.00286. The SMILES string of the molecule is COC(=O)c1ccc(CN(C(=O)OC(C)(C)C)C(=O)OC(C)(C)C)c(C2CC2)c1. The molecule has 0 heterocycles. The summed E-state index contributed by atoms with van der Waals surface area (Å²) in [5.74, 6) is -0.122. The van der Waals surface area contributed by atoms with Gasteiger partial charge in [-0.3, -0.25) is 0 Å². The summed E-state index contributed by atoms with van der Waals surface area (Å²) < 4.78 is 15.6. The average molecular weight is 405 g/mol. The molecule has 7 heteroatoms. The van der Waals surface area contributed by atoms with Gasteiger partial charge < -0.3 is 14.2 Å². The first-order valence-electron chi connectivity index (χ1n) is 9.75. The van der Waals surface area contributed by atoms with Gasteiger partial charge in [0.1, 0.15) is 11.2 Å². The summed E-state index contributed by atoms with van der Waals surface area (Å²) in [6.07, 6.45) is 0.448. The zero-order valence-corrected chi connectivity index (χ0v) is 18.3. The van der Waals surface area contributed by atoms with E-state index in [1.54, 1.807) is 59.7 Å². The lowest BCUT2D eigenvalue weighted by Crippen LogP contribution is -2.43. The van der Waals surface area contributed by atoms with Crippen LogP contribution >= 0.6 is 0 Å². The van der Waals surface area contributed by atoms with Crippen molar-refractivity contribution in [3.63, 3.8) is 0 Å². The van der Waals surface area contributed by atoms with E-state index in [-0.39, 0.29) is 6.54 Å². The Morgan fingerprint density at radius 3 is 1.90 bits per heavy atom. The fraction of sp³-hybridized carbons (Fsp3) is 0.591. The lowest BCUT2D eigenvalue weighted by molar-refractivity contribution is -0.000330. The van der Waals surface area contributed by atoms with E-state index in [0.717, 1.165) is 28.9 Å². The van der Waals surface area contributed by atoms with Crippen LogP contribution in [0, 0.1) is 0 Å². The third-order valence-electron chi connectivity index (χ3n) is 4.14. The maximum atomic E-state index is 12.7. The number of carbonyl (C=O) groups is 3. The van der Waals surface area contributed by atoms with Crippen molar-refractivity contribution in [2.45, 2.75) is 78.0 Å². The monoisotopic (exact) mass is 405 g/mol. The number of carbonyl (C=O) groups excluding carboxylic acids is 3. The number of esters is 1. The molecule has 0 saturated heterocycles. The molecule has 1 aromatic carbocycles. The Balaban J connectivity index is 2.35. The van der Waals surface area contributed by atoms with Crippen LogP contribution in [-0.2, 0) is 20.8 Å². The summed E-state index contributed by atoms with van der Waals surface area (Å²) in [4.78, 5) is 38.3. The van der Waals surface area contributed by atoms with Crippen LogP contribution in [0.4, 0.5) is 9.59 Å². The molecule has 2 rings (SSSR count). The number of rotatable bonds is 4. The fourth-order valence-corrected chi connectivity index (χ4v) is 2.77. The zero-order valence-electron chi connectivity index (χ0n) is 18.3. The molecule has 7 nitrogen and oxygen atoms in total. The summed E-state index contributed by atoms with van der Waals surface area (Å²) in [6.45, 7) is 10.4. The van der Waals surface area contributed by atoms with Gasteiger partial charge in [0.2, 0.25) is 0 Å². The van der Waals surface area contributed by atoms with Gasteiger partial charge in [0.15, 0.2) is 0 Å². The van der Waals surface area contributed by atoms with Gasteiger partial charge in [-0.25, -0.2) is 19.3 Å². The standard InChI is InChI=1S/C22H31NO6/c1-21(2,3)28-19(25)23(20(26)29-22(4,5)6)13-16-11-10-15(18(24)27-7)12-17(16)14-8-9-14/h10-12,14H,8-9,13H2,1-7H3. The Morgan fingerprint density at radius 2 is 1.48 bits per heavy atom. The van der Waals surface area contributed by atoms with Crippen molar-refractivity contribution in [1.29, 1.82) is 0 Å². The molecular formula is C22H31NO6. The van der Waals surface area contributed by atoms with E-state index in [1.807, 2.05) is 0 Å². The number of ether oxygens (including phenoxy) is 3. The van der Waals surface area contributed by atoms with Crippen molar-refractivity contribution in [1.82, 2.24) is 4.90 Å². The average Bonchev–Trinajstić information content (AvgIpc) is 3.40. The van der Waals surface area contributed by atoms with Gasteiger partial charge in [0.25, 0.3) is 0 Å². The molecule has 0 N–H and O–H groups in total. The number of benzene rings is 1. The maximum Gasteiger partial charge on any atom is 0.420 e. The van der Waals surface area contributed by atoms with E-state index < -0.39 is 29.4 Å². The van der Waals surface area contributed by atoms with E-state index in [9.17, 15) is 14.4 Å². The Hall–Kier alpha value is -2.57. The van der Waals surface area contributed by atoms with E-state index in [0.29, 0.717) is 11.5 Å². The molecule has 0 atom stereocenters. The molecule has 1 aromatic rings. The largest absolute Gasteiger partial charge is 0.465 e. The second kappa shape index (κ2) is 8.43. The second-order valence-electron chi connectivity index (χ2n) is 9.23. The fourth-order valence-electron chi connectivity index (χ4n) is 2.77. The molecule has 0 spiro atoms. The van der Waals surface area contributed by atoms with E-state index in [2.05, 4.69) is 0 Å². The second-order valence-corrected chi connectivity index (χ2v) is 9.23. The van der Waals surface area contributed by atoms with Crippen LogP contribution in [0.2, 0.25) is 0 Å². The predicted molar refractivity (Wildman–Crippen MR) is 108 cm³/mol. The predicted octanol–water partition coefficient (Wildman–Crippen LogP) is 5.02. The zero-order chi connectivity index (χ0) is 22.0. The molecule has 2 amide bonds. The highest BCUT2D eigenvalue weighted by atomic mass is 16.6. The quantitative estimate of drug-likeness (QED) is 0.516. The van der Waals surface area contributed by atoms with Crippen LogP contribution < -0.4 is 0 Å². The number of nitrogens with zero attached hydrogens (tertiary/aromatic N) is 1. The summed E-state index contributed by atoms with van der Waals surface area (Å²) in [7, 11) is 1.33. The lowest BCUT2D eigenvalue weighted by atomic mass is 9.99. The molecule has 29 heavy (non-hydrogen) atoms. The van der Waals surface area contributed by atoms with Crippen LogP contribution in [0.25, 0.3) is 0 Å². The number of imide groups is 1. The van der Waals surface area contributed by atoms with Crippen molar-refractivity contribution < 1.29 is 28.6 Å². The van der Waals surface area contributed by atoms with Gasteiger partial charge >= 0.3 is 18.2 Å². The van der Waals surface area contributed by atoms with Crippen molar-refractivity contribution in [2.75, 3.05) is 7.11 Å². The smallest absolute Gasteiger partial charge is 0.420 e. The number of hydrogen-bond donors (Lipinski definition) is 0. The molecule has 160 valence electrons. The minimum atomic E-state index is -0.773. The third kappa shape index (κ3) is 6.76. The van der Waals surface area contributed by atoms with Crippen LogP contribution in [0.1, 0.15) is 81.8 Å². The molecular weight excluding hydrogens is 374 g/mol. The van der Waals surface area contributed by atoms with Crippen LogP contribution in [0.15, 0.2) is 18.2 Å². The van der Waals surface area contributed by atoms with Crippen LogP contribution in [-0.4, -0.2) is 41.4 Å². The number of methoxy groups -OCH3 is 1. The summed E-state index contributed by atoms with van der Waals surface area (Å²) in [5.41, 5.74) is 0.637. The van der Waals surface area contributed by atoms with Gasteiger partial charge in [-0.05, 0) is 83.6 Å². The molecule has 0 bridgehead atoms. The molecule has 1 fully saturated rings. The number of amides is 2. The first-order chi connectivity index (χ1) is 13.3. The summed E-state index contributed by atoms with van der Waals surface area (Å²) >= 11 is 0. The van der Waals surface area contributed by atoms with Gasteiger partial charge in [-0.2, -0.15) is 0 Å².